The van der Waals surface area contributed by atoms with E-state index in [0.29, 0.717) is 0 Å². The zero-order valence-electron chi connectivity index (χ0n) is 11.7. The molecule has 1 fully saturated rings. The minimum absolute atomic E-state index is 0.217. The molecule has 2 rings (SSSR count). The van der Waals surface area contributed by atoms with Crippen molar-refractivity contribution in [2.75, 3.05) is 7.11 Å². The Hall–Kier alpha value is -0.860. The van der Waals surface area contributed by atoms with Crippen LogP contribution in [0, 0.1) is 13.8 Å². The summed E-state index contributed by atoms with van der Waals surface area (Å²) >= 11 is 0. The Morgan fingerprint density at radius 3 is 2.89 bits per heavy atom. The molecule has 0 heterocycles. The standard InChI is InChI=1S/C16H24O2/c1-12-6-7-13(2)14(9-12)10-16(17)8-4-5-15(11-16)18-3/h6-7,9,15,17H,4-5,8,10-11H2,1-3H3. The number of aliphatic hydroxyl groups is 1. The predicted molar refractivity (Wildman–Crippen MR) is 73.8 cm³/mol. The molecule has 0 radical (unpaired) electrons. The van der Waals surface area contributed by atoms with Gasteiger partial charge < -0.3 is 9.84 Å². The molecule has 100 valence electrons. The van der Waals surface area contributed by atoms with Crippen LogP contribution >= 0.6 is 0 Å². The average Bonchev–Trinajstić information content (AvgIpc) is 2.33. The smallest absolute Gasteiger partial charge is 0.0712 e. The highest BCUT2D eigenvalue weighted by Gasteiger charge is 2.34. The van der Waals surface area contributed by atoms with Crippen LogP contribution in [-0.4, -0.2) is 23.9 Å². The molecule has 2 atom stereocenters. The second-order valence-electron chi connectivity index (χ2n) is 5.79. The first-order chi connectivity index (χ1) is 8.52. The SMILES string of the molecule is COC1CCCC(O)(Cc2cc(C)ccc2C)C1. The van der Waals surface area contributed by atoms with Crippen molar-refractivity contribution in [3.05, 3.63) is 34.9 Å². The summed E-state index contributed by atoms with van der Waals surface area (Å²) in [5.74, 6) is 0. The third kappa shape index (κ3) is 3.12. The number of hydrogen-bond acceptors (Lipinski definition) is 2. The molecule has 1 aromatic rings. The van der Waals surface area contributed by atoms with E-state index in [4.69, 9.17) is 4.74 Å². The zero-order valence-corrected chi connectivity index (χ0v) is 11.7. The van der Waals surface area contributed by atoms with Gasteiger partial charge in [0.1, 0.15) is 0 Å². The Morgan fingerprint density at radius 1 is 1.39 bits per heavy atom. The van der Waals surface area contributed by atoms with Crippen LogP contribution in [0.3, 0.4) is 0 Å². The van der Waals surface area contributed by atoms with Gasteiger partial charge in [0.2, 0.25) is 0 Å². The highest BCUT2D eigenvalue weighted by molar-refractivity contribution is 5.31. The van der Waals surface area contributed by atoms with E-state index < -0.39 is 5.60 Å². The van der Waals surface area contributed by atoms with Crippen LogP contribution in [0.4, 0.5) is 0 Å². The predicted octanol–water partition coefficient (Wildman–Crippen LogP) is 3.17. The minimum atomic E-state index is -0.586. The van der Waals surface area contributed by atoms with Gasteiger partial charge in [-0.05, 0) is 44.2 Å². The summed E-state index contributed by atoms with van der Waals surface area (Å²) in [6.45, 7) is 4.22. The monoisotopic (exact) mass is 248 g/mol. The lowest BCUT2D eigenvalue weighted by atomic mass is 9.78. The lowest BCUT2D eigenvalue weighted by molar-refractivity contribution is -0.0582. The van der Waals surface area contributed by atoms with Crippen molar-refractivity contribution in [2.24, 2.45) is 0 Å². The molecule has 2 unspecified atom stereocenters. The number of hydrogen-bond donors (Lipinski definition) is 1. The molecule has 0 spiro atoms. The fourth-order valence-electron chi connectivity index (χ4n) is 2.99. The van der Waals surface area contributed by atoms with Crippen molar-refractivity contribution in [2.45, 2.75) is 57.7 Å². The number of aryl methyl sites for hydroxylation is 2. The number of rotatable bonds is 3. The molecular weight excluding hydrogens is 224 g/mol. The summed E-state index contributed by atoms with van der Waals surface area (Å²) in [5, 5.41) is 10.8. The Bertz CT molecular complexity index is 414. The van der Waals surface area contributed by atoms with Crippen LogP contribution in [0.1, 0.15) is 42.4 Å². The van der Waals surface area contributed by atoms with E-state index in [-0.39, 0.29) is 6.10 Å². The number of methoxy groups -OCH3 is 1. The van der Waals surface area contributed by atoms with Gasteiger partial charge in [-0.2, -0.15) is 0 Å². The normalized spacial score (nSPS) is 28.3. The first-order valence-electron chi connectivity index (χ1n) is 6.84. The van der Waals surface area contributed by atoms with Gasteiger partial charge in [-0.3, -0.25) is 0 Å². The zero-order chi connectivity index (χ0) is 13.2. The second-order valence-corrected chi connectivity index (χ2v) is 5.79. The summed E-state index contributed by atoms with van der Waals surface area (Å²) in [5.41, 5.74) is 3.22. The highest BCUT2D eigenvalue weighted by Crippen LogP contribution is 2.33. The van der Waals surface area contributed by atoms with Crippen molar-refractivity contribution in [1.29, 1.82) is 0 Å². The molecule has 0 saturated heterocycles. The number of ether oxygens (including phenoxy) is 1. The van der Waals surface area contributed by atoms with E-state index in [1.54, 1.807) is 7.11 Å². The summed E-state index contributed by atoms with van der Waals surface area (Å²) in [6.07, 6.45) is 4.75. The van der Waals surface area contributed by atoms with Crippen LogP contribution in [0.5, 0.6) is 0 Å². The van der Waals surface area contributed by atoms with Crippen LogP contribution in [-0.2, 0) is 11.2 Å². The first-order valence-corrected chi connectivity index (χ1v) is 6.84. The van der Waals surface area contributed by atoms with Gasteiger partial charge in [0.15, 0.2) is 0 Å². The molecule has 18 heavy (non-hydrogen) atoms. The van der Waals surface area contributed by atoms with E-state index in [0.717, 1.165) is 32.1 Å². The maximum atomic E-state index is 10.8. The molecule has 2 nitrogen and oxygen atoms in total. The summed E-state index contributed by atoms with van der Waals surface area (Å²) in [4.78, 5) is 0. The van der Waals surface area contributed by atoms with Crippen molar-refractivity contribution >= 4 is 0 Å². The first kappa shape index (κ1) is 13.6. The van der Waals surface area contributed by atoms with Gasteiger partial charge in [-0.15, -0.1) is 0 Å². The Kier molecular flexibility index (Phi) is 4.08. The second kappa shape index (κ2) is 5.41. The summed E-state index contributed by atoms with van der Waals surface area (Å²) in [6, 6.07) is 6.47. The lowest BCUT2D eigenvalue weighted by Gasteiger charge is -2.36. The third-order valence-electron chi connectivity index (χ3n) is 4.13. The Labute approximate surface area is 110 Å². The van der Waals surface area contributed by atoms with E-state index in [9.17, 15) is 5.11 Å². The van der Waals surface area contributed by atoms with Crippen LogP contribution in [0.2, 0.25) is 0 Å². The van der Waals surface area contributed by atoms with Crippen LogP contribution < -0.4 is 0 Å². The van der Waals surface area contributed by atoms with Crippen molar-refractivity contribution in [1.82, 2.24) is 0 Å². The van der Waals surface area contributed by atoms with Crippen molar-refractivity contribution in [3.8, 4) is 0 Å². The Morgan fingerprint density at radius 2 is 2.17 bits per heavy atom. The van der Waals surface area contributed by atoms with E-state index in [1.807, 2.05) is 0 Å². The van der Waals surface area contributed by atoms with Gasteiger partial charge in [-0.1, -0.05) is 23.8 Å². The minimum Gasteiger partial charge on any atom is -0.389 e. The van der Waals surface area contributed by atoms with Crippen molar-refractivity contribution < 1.29 is 9.84 Å². The van der Waals surface area contributed by atoms with Gasteiger partial charge in [0, 0.05) is 20.0 Å². The van der Waals surface area contributed by atoms with Gasteiger partial charge in [0.25, 0.3) is 0 Å². The quantitative estimate of drug-likeness (QED) is 0.890. The molecule has 0 bridgehead atoms. The van der Waals surface area contributed by atoms with Crippen LogP contribution in [0.25, 0.3) is 0 Å². The van der Waals surface area contributed by atoms with Gasteiger partial charge in [-0.25, -0.2) is 0 Å². The van der Waals surface area contributed by atoms with Gasteiger partial charge >= 0.3 is 0 Å². The maximum absolute atomic E-state index is 10.8. The summed E-state index contributed by atoms with van der Waals surface area (Å²) < 4.78 is 5.42. The van der Waals surface area contributed by atoms with E-state index >= 15 is 0 Å². The van der Waals surface area contributed by atoms with E-state index in [1.165, 1.54) is 16.7 Å². The van der Waals surface area contributed by atoms with Gasteiger partial charge in [0.05, 0.1) is 11.7 Å². The topological polar surface area (TPSA) is 29.5 Å². The summed E-state index contributed by atoms with van der Waals surface area (Å²) in [7, 11) is 1.74. The number of benzene rings is 1. The maximum Gasteiger partial charge on any atom is 0.0712 e. The molecule has 1 aliphatic rings. The molecule has 1 aromatic carbocycles. The highest BCUT2D eigenvalue weighted by atomic mass is 16.5. The molecule has 0 aliphatic heterocycles. The average molecular weight is 248 g/mol. The van der Waals surface area contributed by atoms with Crippen LogP contribution in [0.15, 0.2) is 18.2 Å². The third-order valence-corrected chi connectivity index (χ3v) is 4.13. The molecule has 2 heteroatoms. The Balaban J connectivity index is 2.14. The molecule has 0 aromatic heterocycles. The molecule has 1 saturated carbocycles. The lowest BCUT2D eigenvalue weighted by Crippen LogP contribution is -2.40. The molecule has 1 N–H and O–H groups in total. The largest absolute Gasteiger partial charge is 0.389 e. The molecule has 1 aliphatic carbocycles. The molecule has 0 amide bonds. The van der Waals surface area contributed by atoms with Crippen molar-refractivity contribution in [3.63, 3.8) is 0 Å². The molecular formula is C16H24O2. The fraction of sp³-hybridized carbons (Fsp3) is 0.625. The fourth-order valence-corrected chi connectivity index (χ4v) is 2.99. The van der Waals surface area contributed by atoms with E-state index in [2.05, 4.69) is 32.0 Å².